The zero-order chi connectivity index (χ0) is 16.5. The highest BCUT2D eigenvalue weighted by molar-refractivity contribution is 6.30. The quantitative estimate of drug-likeness (QED) is 0.903. The Labute approximate surface area is 146 Å². The molecule has 2 aliphatic heterocycles. The normalized spacial score (nSPS) is 20.6. The molecule has 0 spiro atoms. The van der Waals surface area contributed by atoms with Gasteiger partial charge in [0.05, 0.1) is 6.61 Å². The summed E-state index contributed by atoms with van der Waals surface area (Å²) in [7, 11) is 0. The third-order valence-electron chi connectivity index (χ3n) is 4.77. The van der Waals surface area contributed by atoms with E-state index in [9.17, 15) is 5.11 Å². The minimum Gasteiger partial charge on any atom is -0.508 e. The van der Waals surface area contributed by atoms with Gasteiger partial charge in [0.2, 0.25) is 0 Å². The molecule has 0 radical (unpaired) electrons. The average molecular weight is 346 g/mol. The van der Waals surface area contributed by atoms with Crippen molar-refractivity contribution in [3.63, 3.8) is 0 Å². The van der Waals surface area contributed by atoms with Crippen molar-refractivity contribution in [2.45, 2.75) is 32.0 Å². The summed E-state index contributed by atoms with van der Waals surface area (Å²) in [4.78, 5) is 2.46. The molecule has 1 fully saturated rings. The van der Waals surface area contributed by atoms with Gasteiger partial charge in [-0.1, -0.05) is 23.7 Å². The molecule has 2 aliphatic rings. The Morgan fingerprint density at radius 2 is 2.04 bits per heavy atom. The number of phenolic OH excluding ortho intramolecular Hbond substituents is 1. The summed E-state index contributed by atoms with van der Waals surface area (Å²) in [5.74, 6) is 1.22. The Hall–Kier alpha value is -1.75. The van der Waals surface area contributed by atoms with Crippen LogP contribution in [0.15, 0.2) is 36.4 Å². The van der Waals surface area contributed by atoms with Gasteiger partial charge in [0.25, 0.3) is 0 Å². The summed E-state index contributed by atoms with van der Waals surface area (Å²) in [5, 5.41) is 10.2. The van der Waals surface area contributed by atoms with Crippen molar-refractivity contribution >= 4 is 11.6 Å². The Morgan fingerprint density at radius 3 is 2.88 bits per heavy atom. The zero-order valence-corrected chi connectivity index (χ0v) is 14.1. The predicted octanol–water partition coefficient (Wildman–Crippen LogP) is 4.25. The van der Waals surface area contributed by atoms with Crippen molar-refractivity contribution < 1.29 is 14.6 Å². The molecular formula is C19H20ClNO3. The Balaban J connectivity index is 1.60. The standard InChI is InChI=1S/C19H20ClNO3/c20-16-8-14(19-15(9-16)11-23-12-24-19)10-21-7-1-2-18(21)13-3-5-17(22)6-4-13/h3-6,8-9,18,22H,1-2,7,10-12H2/t18-/m1/s1. The Morgan fingerprint density at radius 1 is 1.21 bits per heavy atom. The first-order valence-electron chi connectivity index (χ1n) is 8.25. The van der Waals surface area contributed by atoms with Gasteiger partial charge in [-0.25, -0.2) is 0 Å². The van der Waals surface area contributed by atoms with Gasteiger partial charge < -0.3 is 14.6 Å². The second-order valence-electron chi connectivity index (χ2n) is 6.38. The largest absolute Gasteiger partial charge is 0.508 e. The molecule has 1 atom stereocenters. The summed E-state index contributed by atoms with van der Waals surface area (Å²) < 4.78 is 11.1. The molecule has 5 heteroatoms. The zero-order valence-electron chi connectivity index (χ0n) is 13.4. The van der Waals surface area contributed by atoms with Crippen LogP contribution in [-0.2, 0) is 17.9 Å². The summed E-state index contributed by atoms with van der Waals surface area (Å²) >= 11 is 6.28. The van der Waals surface area contributed by atoms with Crippen molar-refractivity contribution in [1.82, 2.24) is 4.90 Å². The number of rotatable bonds is 3. The number of benzene rings is 2. The number of likely N-dealkylation sites (tertiary alicyclic amines) is 1. The summed E-state index contributed by atoms with van der Waals surface area (Å²) in [6.45, 7) is 2.69. The number of ether oxygens (including phenoxy) is 2. The lowest BCUT2D eigenvalue weighted by atomic mass is 10.0. The van der Waals surface area contributed by atoms with Gasteiger partial charge in [-0.2, -0.15) is 0 Å². The van der Waals surface area contributed by atoms with Gasteiger partial charge in [-0.05, 0) is 49.2 Å². The maximum absolute atomic E-state index is 9.51. The lowest BCUT2D eigenvalue weighted by molar-refractivity contribution is -0.0175. The highest BCUT2D eigenvalue weighted by Gasteiger charge is 2.28. The fourth-order valence-electron chi connectivity index (χ4n) is 3.68. The van der Waals surface area contributed by atoms with E-state index >= 15 is 0 Å². The van der Waals surface area contributed by atoms with Crippen molar-refractivity contribution in [3.05, 3.63) is 58.1 Å². The van der Waals surface area contributed by atoms with E-state index in [2.05, 4.69) is 4.90 Å². The first-order valence-corrected chi connectivity index (χ1v) is 8.63. The number of aromatic hydroxyl groups is 1. The highest BCUT2D eigenvalue weighted by atomic mass is 35.5. The van der Waals surface area contributed by atoms with E-state index in [1.54, 1.807) is 12.1 Å². The van der Waals surface area contributed by atoms with Crippen LogP contribution in [0.1, 0.15) is 35.6 Å². The predicted molar refractivity (Wildman–Crippen MR) is 92.2 cm³/mol. The number of halogens is 1. The molecule has 1 saturated heterocycles. The minimum absolute atomic E-state index is 0.295. The van der Waals surface area contributed by atoms with Crippen LogP contribution in [0.4, 0.5) is 0 Å². The van der Waals surface area contributed by atoms with E-state index in [1.807, 2.05) is 24.3 Å². The Bertz CT molecular complexity index is 732. The van der Waals surface area contributed by atoms with Gasteiger partial charge in [-0.3, -0.25) is 4.90 Å². The fourth-order valence-corrected chi connectivity index (χ4v) is 3.95. The number of hydrogen-bond acceptors (Lipinski definition) is 4. The van der Waals surface area contributed by atoms with Crippen LogP contribution in [0.2, 0.25) is 5.02 Å². The van der Waals surface area contributed by atoms with E-state index < -0.39 is 0 Å². The van der Waals surface area contributed by atoms with Gasteiger partial charge >= 0.3 is 0 Å². The molecule has 0 bridgehead atoms. The smallest absolute Gasteiger partial charge is 0.189 e. The summed E-state index contributed by atoms with van der Waals surface area (Å²) in [6.07, 6.45) is 2.29. The lowest BCUT2D eigenvalue weighted by Crippen LogP contribution is -2.24. The number of fused-ring (bicyclic) bond motifs is 1. The van der Waals surface area contributed by atoms with Crippen molar-refractivity contribution in [1.29, 1.82) is 0 Å². The molecule has 1 N–H and O–H groups in total. The number of nitrogens with zero attached hydrogens (tertiary/aromatic N) is 1. The van der Waals surface area contributed by atoms with E-state index in [0.29, 0.717) is 25.2 Å². The summed E-state index contributed by atoms with van der Waals surface area (Å²) in [6, 6.07) is 11.8. The van der Waals surface area contributed by atoms with Crippen LogP contribution in [0, 0.1) is 0 Å². The average Bonchev–Trinajstić information content (AvgIpc) is 3.03. The van der Waals surface area contributed by atoms with Crippen LogP contribution in [0.5, 0.6) is 11.5 Å². The highest BCUT2D eigenvalue weighted by Crippen LogP contribution is 2.37. The maximum atomic E-state index is 9.51. The fraction of sp³-hybridized carbons (Fsp3) is 0.368. The molecule has 4 nitrogen and oxygen atoms in total. The number of hydrogen-bond donors (Lipinski definition) is 1. The molecule has 0 saturated carbocycles. The molecule has 2 heterocycles. The maximum Gasteiger partial charge on any atom is 0.189 e. The van der Waals surface area contributed by atoms with E-state index in [0.717, 1.165) is 47.8 Å². The lowest BCUT2D eigenvalue weighted by Gasteiger charge is -2.28. The Kier molecular flexibility index (Phi) is 4.35. The van der Waals surface area contributed by atoms with Gasteiger partial charge in [0.15, 0.2) is 6.79 Å². The minimum atomic E-state index is 0.295. The SMILES string of the molecule is Oc1ccc([C@H]2CCCN2Cc2cc(Cl)cc3c2OCOC3)cc1. The molecule has 2 aromatic carbocycles. The molecule has 0 unspecified atom stereocenters. The topological polar surface area (TPSA) is 41.9 Å². The molecule has 126 valence electrons. The third kappa shape index (κ3) is 3.09. The van der Waals surface area contributed by atoms with Gasteiger partial charge in [0, 0.05) is 28.7 Å². The van der Waals surface area contributed by atoms with Crippen molar-refractivity contribution in [3.8, 4) is 11.5 Å². The second kappa shape index (κ2) is 6.63. The van der Waals surface area contributed by atoms with Gasteiger partial charge in [0.1, 0.15) is 11.5 Å². The third-order valence-corrected chi connectivity index (χ3v) is 4.98. The van der Waals surface area contributed by atoms with Crippen LogP contribution < -0.4 is 4.74 Å². The first kappa shape index (κ1) is 15.8. The van der Waals surface area contributed by atoms with Crippen LogP contribution in [0.25, 0.3) is 0 Å². The van der Waals surface area contributed by atoms with Crippen LogP contribution in [-0.4, -0.2) is 23.3 Å². The van der Waals surface area contributed by atoms with Crippen molar-refractivity contribution in [2.75, 3.05) is 13.3 Å². The molecule has 0 aromatic heterocycles. The van der Waals surface area contributed by atoms with Crippen LogP contribution >= 0.6 is 11.6 Å². The molecule has 24 heavy (non-hydrogen) atoms. The molecule has 0 aliphatic carbocycles. The van der Waals surface area contributed by atoms with Crippen LogP contribution in [0.3, 0.4) is 0 Å². The monoisotopic (exact) mass is 345 g/mol. The van der Waals surface area contributed by atoms with Gasteiger partial charge in [-0.15, -0.1) is 0 Å². The van der Waals surface area contributed by atoms with E-state index in [1.165, 1.54) is 5.56 Å². The molecule has 4 rings (SSSR count). The first-order chi connectivity index (χ1) is 11.7. The van der Waals surface area contributed by atoms with E-state index in [4.69, 9.17) is 21.1 Å². The van der Waals surface area contributed by atoms with E-state index in [-0.39, 0.29) is 0 Å². The number of phenols is 1. The summed E-state index contributed by atoms with van der Waals surface area (Å²) in [5.41, 5.74) is 3.38. The molecular weight excluding hydrogens is 326 g/mol. The molecule has 2 aromatic rings. The molecule has 0 amide bonds. The van der Waals surface area contributed by atoms with Crippen molar-refractivity contribution in [2.24, 2.45) is 0 Å². The second-order valence-corrected chi connectivity index (χ2v) is 6.82.